The van der Waals surface area contributed by atoms with E-state index in [-0.39, 0.29) is 6.61 Å². The molecule has 3 heterocycles. The minimum absolute atomic E-state index is 0.261. The predicted molar refractivity (Wildman–Crippen MR) is 115 cm³/mol. The third kappa shape index (κ3) is 4.66. The number of halogens is 1. The highest BCUT2D eigenvalue weighted by atomic mass is 35.5. The smallest absolute Gasteiger partial charge is 0.0706 e. The van der Waals surface area contributed by atoms with Gasteiger partial charge >= 0.3 is 0 Å². The molecule has 0 unspecified atom stereocenters. The quantitative estimate of drug-likeness (QED) is 0.833. The van der Waals surface area contributed by atoms with Crippen LogP contribution in [0.25, 0.3) is 10.9 Å². The SMILES string of the molecule is CN1CCC(N2CCN(Cc3ccc4cc(Cl)ccc4n3)C[C@@H]2CCO)CC1. The van der Waals surface area contributed by atoms with Gasteiger partial charge in [0.1, 0.15) is 0 Å². The monoisotopic (exact) mass is 402 g/mol. The summed E-state index contributed by atoms with van der Waals surface area (Å²) in [6.45, 7) is 6.64. The van der Waals surface area contributed by atoms with E-state index >= 15 is 0 Å². The summed E-state index contributed by atoms with van der Waals surface area (Å²) in [5.74, 6) is 0. The number of aliphatic hydroxyl groups excluding tert-OH is 1. The molecule has 1 atom stereocenters. The fourth-order valence-corrected chi connectivity index (χ4v) is 4.93. The largest absolute Gasteiger partial charge is 0.396 e. The van der Waals surface area contributed by atoms with Gasteiger partial charge in [-0.3, -0.25) is 14.8 Å². The van der Waals surface area contributed by atoms with E-state index in [0.717, 1.165) is 54.2 Å². The molecule has 2 fully saturated rings. The first-order chi connectivity index (χ1) is 13.6. The summed E-state index contributed by atoms with van der Waals surface area (Å²) in [6, 6.07) is 11.2. The van der Waals surface area contributed by atoms with Crippen LogP contribution >= 0.6 is 11.6 Å². The van der Waals surface area contributed by atoms with Crippen molar-refractivity contribution in [3.63, 3.8) is 0 Å². The molecule has 2 aliphatic heterocycles. The normalized spacial score (nSPS) is 23.5. The molecule has 2 aliphatic rings. The van der Waals surface area contributed by atoms with Crippen LogP contribution in [-0.4, -0.2) is 83.3 Å². The van der Waals surface area contributed by atoms with Crippen molar-refractivity contribution in [2.45, 2.75) is 37.9 Å². The zero-order chi connectivity index (χ0) is 19.5. The number of hydrogen-bond donors (Lipinski definition) is 1. The van der Waals surface area contributed by atoms with E-state index in [1.54, 1.807) is 0 Å². The molecule has 5 nitrogen and oxygen atoms in total. The van der Waals surface area contributed by atoms with E-state index in [0.29, 0.717) is 12.1 Å². The third-order valence-corrected chi connectivity index (χ3v) is 6.56. The van der Waals surface area contributed by atoms with Crippen LogP contribution in [0.5, 0.6) is 0 Å². The molecule has 1 aromatic carbocycles. The zero-order valence-electron chi connectivity index (χ0n) is 16.7. The number of nitrogens with zero attached hydrogens (tertiary/aromatic N) is 4. The lowest BCUT2D eigenvalue weighted by Gasteiger charge is -2.47. The van der Waals surface area contributed by atoms with Crippen molar-refractivity contribution in [1.82, 2.24) is 19.7 Å². The minimum atomic E-state index is 0.261. The summed E-state index contributed by atoms with van der Waals surface area (Å²) in [5.41, 5.74) is 2.10. The summed E-state index contributed by atoms with van der Waals surface area (Å²) in [7, 11) is 2.21. The molecular formula is C22H31ClN4O. The van der Waals surface area contributed by atoms with Crippen LogP contribution in [0.2, 0.25) is 5.02 Å². The summed E-state index contributed by atoms with van der Waals surface area (Å²) < 4.78 is 0. The first-order valence-corrected chi connectivity index (χ1v) is 10.8. The maximum atomic E-state index is 9.62. The number of rotatable bonds is 5. The maximum absolute atomic E-state index is 9.62. The molecule has 0 bridgehead atoms. The number of aromatic nitrogens is 1. The van der Waals surface area contributed by atoms with E-state index < -0.39 is 0 Å². The van der Waals surface area contributed by atoms with E-state index in [2.05, 4.69) is 33.9 Å². The highest BCUT2D eigenvalue weighted by Crippen LogP contribution is 2.24. The minimum Gasteiger partial charge on any atom is -0.396 e. The molecule has 0 spiro atoms. The Kier molecular flexibility index (Phi) is 6.48. The van der Waals surface area contributed by atoms with Crippen molar-refractivity contribution < 1.29 is 5.11 Å². The van der Waals surface area contributed by atoms with E-state index in [9.17, 15) is 5.11 Å². The molecular weight excluding hydrogens is 372 g/mol. The Hall–Kier alpha value is -1.24. The Morgan fingerprint density at radius 2 is 1.93 bits per heavy atom. The zero-order valence-corrected chi connectivity index (χ0v) is 17.5. The van der Waals surface area contributed by atoms with Gasteiger partial charge in [0.15, 0.2) is 0 Å². The van der Waals surface area contributed by atoms with Crippen LogP contribution in [-0.2, 0) is 6.54 Å². The van der Waals surface area contributed by atoms with Crippen molar-refractivity contribution in [3.8, 4) is 0 Å². The Balaban J connectivity index is 1.41. The van der Waals surface area contributed by atoms with Gasteiger partial charge < -0.3 is 10.0 Å². The van der Waals surface area contributed by atoms with Gasteiger partial charge in [-0.25, -0.2) is 0 Å². The average Bonchev–Trinajstić information content (AvgIpc) is 2.69. The number of likely N-dealkylation sites (tertiary alicyclic amines) is 1. The van der Waals surface area contributed by atoms with Crippen molar-refractivity contribution >= 4 is 22.5 Å². The van der Waals surface area contributed by atoms with Crippen LogP contribution in [0, 0.1) is 0 Å². The van der Waals surface area contributed by atoms with Gasteiger partial charge in [-0.2, -0.15) is 0 Å². The fourth-order valence-electron chi connectivity index (χ4n) is 4.75. The Bertz CT molecular complexity index is 793. The molecule has 1 N–H and O–H groups in total. The number of benzene rings is 1. The van der Waals surface area contributed by atoms with Gasteiger partial charge in [-0.05, 0) is 63.7 Å². The summed E-state index contributed by atoms with van der Waals surface area (Å²) in [5, 5.41) is 11.5. The lowest BCUT2D eigenvalue weighted by molar-refractivity contribution is 0.00568. The Morgan fingerprint density at radius 3 is 2.71 bits per heavy atom. The molecule has 152 valence electrons. The Morgan fingerprint density at radius 1 is 1.11 bits per heavy atom. The van der Waals surface area contributed by atoms with Crippen LogP contribution in [0.15, 0.2) is 30.3 Å². The summed E-state index contributed by atoms with van der Waals surface area (Å²) in [6.07, 6.45) is 3.34. The number of piperidine rings is 1. The van der Waals surface area contributed by atoms with Crippen LogP contribution in [0.3, 0.4) is 0 Å². The van der Waals surface area contributed by atoms with E-state index in [1.807, 2.05) is 18.2 Å². The molecule has 4 rings (SSSR count). The lowest BCUT2D eigenvalue weighted by atomic mass is 9.98. The molecule has 2 aromatic rings. The van der Waals surface area contributed by atoms with Gasteiger partial charge in [-0.15, -0.1) is 0 Å². The summed E-state index contributed by atoms with van der Waals surface area (Å²) >= 11 is 6.08. The molecule has 1 aromatic heterocycles. The second kappa shape index (κ2) is 9.06. The average molecular weight is 403 g/mol. The van der Waals surface area contributed by atoms with Crippen LogP contribution in [0.4, 0.5) is 0 Å². The number of aliphatic hydroxyl groups is 1. The number of pyridine rings is 1. The molecule has 0 amide bonds. The van der Waals surface area contributed by atoms with E-state index in [1.165, 1.54) is 25.9 Å². The second-order valence-corrected chi connectivity index (χ2v) is 8.75. The molecule has 0 saturated carbocycles. The number of piperazine rings is 1. The van der Waals surface area contributed by atoms with Crippen molar-refractivity contribution in [2.24, 2.45) is 0 Å². The highest BCUT2D eigenvalue weighted by molar-refractivity contribution is 6.31. The van der Waals surface area contributed by atoms with Crippen LogP contribution in [0.1, 0.15) is 25.0 Å². The topological polar surface area (TPSA) is 42.8 Å². The standard InChI is InChI=1S/C22H31ClN4O/c1-25-9-6-20(7-10-25)27-12-11-26(16-21(27)8-13-28)15-19-4-2-17-14-18(23)3-5-22(17)24-19/h2-5,14,20-21,28H,6-13,15-16H2,1H3/t21-/m0/s1. The van der Waals surface area contributed by atoms with Gasteiger partial charge in [0, 0.05) is 55.3 Å². The first-order valence-electron chi connectivity index (χ1n) is 10.4. The molecule has 28 heavy (non-hydrogen) atoms. The van der Waals surface area contributed by atoms with Crippen molar-refractivity contribution in [2.75, 3.05) is 46.4 Å². The molecule has 0 radical (unpaired) electrons. The Labute approximate surface area is 172 Å². The molecule has 2 saturated heterocycles. The van der Waals surface area contributed by atoms with Crippen LogP contribution < -0.4 is 0 Å². The van der Waals surface area contributed by atoms with Crippen molar-refractivity contribution in [1.29, 1.82) is 0 Å². The second-order valence-electron chi connectivity index (χ2n) is 8.31. The summed E-state index contributed by atoms with van der Waals surface area (Å²) in [4.78, 5) is 12.4. The maximum Gasteiger partial charge on any atom is 0.0706 e. The van der Waals surface area contributed by atoms with E-state index in [4.69, 9.17) is 16.6 Å². The number of fused-ring (bicyclic) bond motifs is 1. The van der Waals surface area contributed by atoms with Gasteiger partial charge in [0.25, 0.3) is 0 Å². The first kappa shape index (κ1) is 20.0. The predicted octanol–water partition coefficient (Wildman–Crippen LogP) is 2.85. The third-order valence-electron chi connectivity index (χ3n) is 6.33. The van der Waals surface area contributed by atoms with Crippen molar-refractivity contribution in [3.05, 3.63) is 41.0 Å². The van der Waals surface area contributed by atoms with Gasteiger partial charge in [0.2, 0.25) is 0 Å². The van der Waals surface area contributed by atoms with Gasteiger partial charge in [0.05, 0.1) is 11.2 Å². The number of hydrogen-bond acceptors (Lipinski definition) is 5. The highest BCUT2D eigenvalue weighted by Gasteiger charge is 2.33. The fraction of sp³-hybridized carbons (Fsp3) is 0.591. The lowest BCUT2D eigenvalue weighted by Crippen LogP contribution is -2.58. The van der Waals surface area contributed by atoms with Gasteiger partial charge in [-0.1, -0.05) is 17.7 Å². The molecule has 6 heteroatoms. The molecule has 0 aliphatic carbocycles.